The Hall–Kier alpha value is -0.770. The van der Waals surface area contributed by atoms with Gasteiger partial charge in [0.1, 0.15) is 0 Å². The Kier molecular flexibility index (Phi) is 2.99. The molecule has 5 heteroatoms. The van der Waals surface area contributed by atoms with Crippen molar-refractivity contribution in [2.45, 2.75) is 43.8 Å². The zero-order valence-electron chi connectivity index (χ0n) is 10.0. The molecule has 3 saturated carbocycles. The lowest BCUT2D eigenvalue weighted by Crippen LogP contribution is -2.58. The van der Waals surface area contributed by atoms with Crippen molar-refractivity contribution < 1.29 is 9.47 Å². The maximum atomic E-state index is 8.37. The van der Waals surface area contributed by atoms with Crippen molar-refractivity contribution in [3.63, 3.8) is 0 Å². The molecule has 94 valence electrons. The lowest BCUT2D eigenvalue weighted by molar-refractivity contribution is -0.246. The number of rotatable bonds is 2. The topological polar surface area (TPSA) is 67.2 Å². The monoisotopic (exact) mass is 237 g/mol. The van der Waals surface area contributed by atoms with Crippen LogP contribution in [0.3, 0.4) is 0 Å². The van der Waals surface area contributed by atoms with Gasteiger partial charge in [0.15, 0.2) is 0 Å². The average molecular weight is 237 g/mol. The first-order valence-electron chi connectivity index (χ1n) is 6.59. The Labute approximate surface area is 101 Å². The molecule has 1 heterocycles. The van der Waals surface area contributed by atoms with Crippen LogP contribution in [0, 0.1) is 11.8 Å². The summed E-state index contributed by atoms with van der Waals surface area (Å²) < 4.78 is 12.0. The third-order valence-corrected chi connectivity index (χ3v) is 4.62. The van der Waals surface area contributed by atoms with Gasteiger partial charge < -0.3 is 9.47 Å². The summed E-state index contributed by atoms with van der Waals surface area (Å²) in [5.74, 6) is 1.48. The molecule has 2 bridgehead atoms. The van der Waals surface area contributed by atoms with Crippen LogP contribution in [0.2, 0.25) is 0 Å². The molecule has 0 N–H and O–H groups in total. The van der Waals surface area contributed by atoms with Crippen molar-refractivity contribution in [3.8, 4) is 0 Å². The minimum absolute atomic E-state index is 0.0426. The summed E-state index contributed by atoms with van der Waals surface area (Å²) in [6.07, 6.45) is 6.38. The van der Waals surface area contributed by atoms with E-state index in [9.17, 15) is 0 Å². The second-order valence-electron chi connectivity index (χ2n) is 5.65. The van der Waals surface area contributed by atoms with E-state index in [4.69, 9.17) is 15.0 Å². The fraction of sp³-hybridized carbons (Fsp3) is 1.00. The van der Waals surface area contributed by atoms with Crippen molar-refractivity contribution >= 4 is 0 Å². The normalized spacial score (nSPS) is 44.6. The van der Waals surface area contributed by atoms with Gasteiger partial charge in [-0.3, -0.25) is 0 Å². The summed E-state index contributed by atoms with van der Waals surface area (Å²) in [6, 6.07) is 0. The maximum Gasteiger partial charge on any atom is 0.0950 e. The second kappa shape index (κ2) is 4.48. The lowest BCUT2D eigenvalue weighted by Gasteiger charge is -2.54. The van der Waals surface area contributed by atoms with E-state index < -0.39 is 0 Å². The first kappa shape index (κ1) is 11.3. The van der Waals surface area contributed by atoms with E-state index in [0.717, 1.165) is 18.9 Å². The van der Waals surface area contributed by atoms with Gasteiger partial charge in [0.2, 0.25) is 0 Å². The van der Waals surface area contributed by atoms with E-state index in [1.807, 2.05) is 0 Å². The van der Waals surface area contributed by atoms with Crippen molar-refractivity contribution in [3.05, 3.63) is 10.4 Å². The smallest absolute Gasteiger partial charge is 0.0950 e. The molecule has 0 aromatic carbocycles. The zero-order valence-corrected chi connectivity index (χ0v) is 10.0. The predicted molar refractivity (Wildman–Crippen MR) is 62.5 cm³/mol. The molecular weight excluding hydrogens is 218 g/mol. The van der Waals surface area contributed by atoms with Crippen molar-refractivity contribution in [2.24, 2.45) is 17.0 Å². The van der Waals surface area contributed by atoms with E-state index in [1.54, 1.807) is 0 Å². The van der Waals surface area contributed by atoms with Crippen LogP contribution in [0.5, 0.6) is 0 Å². The SMILES string of the molecule is [N-]=[N+]=NCC1COCC2(CC3CCC2CC3)O1. The molecule has 0 amide bonds. The molecule has 5 nitrogen and oxygen atoms in total. The van der Waals surface area contributed by atoms with Crippen molar-refractivity contribution in [1.82, 2.24) is 0 Å². The first-order chi connectivity index (χ1) is 8.32. The fourth-order valence-electron chi connectivity index (χ4n) is 3.85. The molecule has 1 aliphatic heterocycles. The van der Waals surface area contributed by atoms with E-state index in [2.05, 4.69) is 10.0 Å². The molecule has 3 aliphatic carbocycles. The summed E-state index contributed by atoms with van der Waals surface area (Å²) in [6.45, 7) is 1.70. The van der Waals surface area contributed by atoms with Crippen LogP contribution in [-0.2, 0) is 9.47 Å². The molecule has 1 saturated heterocycles. The van der Waals surface area contributed by atoms with Gasteiger partial charge in [0, 0.05) is 4.91 Å². The largest absolute Gasteiger partial charge is 0.376 e. The van der Waals surface area contributed by atoms with E-state index in [1.165, 1.54) is 25.7 Å². The van der Waals surface area contributed by atoms with Crippen LogP contribution in [0.15, 0.2) is 5.11 Å². The number of fused-ring (bicyclic) bond motifs is 2. The minimum Gasteiger partial charge on any atom is -0.376 e. The van der Waals surface area contributed by atoms with Crippen LogP contribution < -0.4 is 0 Å². The van der Waals surface area contributed by atoms with Gasteiger partial charge >= 0.3 is 0 Å². The van der Waals surface area contributed by atoms with Gasteiger partial charge in [-0.25, -0.2) is 0 Å². The Morgan fingerprint density at radius 3 is 2.76 bits per heavy atom. The summed E-state index contributed by atoms with van der Waals surface area (Å²) in [4.78, 5) is 2.80. The van der Waals surface area contributed by atoms with Crippen LogP contribution in [0.4, 0.5) is 0 Å². The Bertz CT molecular complexity index is 335. The molecule has 4 fully saturated rings. The van der Waals surface area contributed by atoms with Gasteiger partial charge in [0.25, 0.3) is 0 Å². The number of hydrogen-bond donors (Lipinski definition) is 0. The molecule has 0 aromatic rings. The molecule has 17 heavy (non-hydrogen) atoms. The summed E-state index contributed by atoms with van der Waals surface area (Å²) in [7, 11) is 0. The van der Waals surface area contributed by atoms with E-state index in [-0.39, 0.29) is 11.7 Å². The molecule has 4 aliphatic rings. The molecule has 2 atom stereocenters. The molecule has 0 radical (unpaired) electrons. The zero-order chi connectivity index (χ0) is 11.7. The summed E-state index contributed by atoms with van der Waals surface area (Å²) >= 11 is 0. The number of hydrogen-bond acceptors (Lipinski definition) is 3. The Morgan fingerprint density at radius 2 is 2.12 bits per heavy atom. The van der Waals surface area contributed by atoms with Gasteiger partial charge in [-0.15, -0.1) is 0 Å². The molecule has 2 unspecified atom stereocenters. The number of nitrogens with zero attached hydrogens (tertiary/aromatic N) is 3. The second-order valence-corrected chi connectivity index (χ2v) is 5.65. The molecule has 4 rings (SSSR count). The molecule has 1 spiro atoms. The standard InChI is InChI=1S/C12H19N3O2/c13-15-14-6-11-7-16-8-12(17-11)5-9-1-3-10(12)4-2-9/h9-11H,1-8H2. The van der Waals surface area contributed by atoms with Crippen LogP contribution >= 0.6 is 0 Å². The minimum atomic E-state index is -0.0605. The van der Waals surface area contributed by atoms with Crippen LogP contribution in [-0.4, -0.2) is 31.5 Å². The third-order valence-electron chi connectivity index (χ3n) is 4.62. The molecular formula is C12H19N3O2. The molecule has 0 aromatic heterocycles. The van der Waals surface area contributed by atoms with Gasteiger partial charge in [-0.1, -0.05) is 5.11 Å². The van der Waals surface area contributed by atoms with Crippen LogP contribution in [0.1, 0.15) is 32.1 Å². The Balaban J connectivity index is 1.71. The highest BCUT2D eigenvalue weighted by Crippen LogP contribution is 2.50. The van der Waals surface area contributed by atoms with Crippen LogP contribution in [0.25, 0.3) is 10.4 Å². The van der Waals surface area contributed by atoms with E-state index in [0.29, 0.717) is 19.1 Å². The quantitative estimate of drug-likeness (QED) is 0.421. The highest BCUT2D eigenvalue weighted by molar-refractivity contribution is 5.01. The Morgan fingerprint density at radius 1 is 1.29 bits per heavy atom. The summed E-state index contributed by atoms with van der Waals surface area (Å²) in [5, 5.41) is 3.61. The summed E-state index contributed by atoms with van der Waals surface area (Å²) in [5.41, 5.74) is 8.31. The van der Waals surface area contributed by atoms with Crippen molar-refractivity contribution in [2.75, 3.05) is 19.8 Å². The lowest BCUT2D eigenvalue weighted by atomic mass is 9.62. The third kappa shape index (κ3) is 2.03. The van der Waals surface area contributed by atoms with Gasteiger partial charge in [0.05, 0.1) is 31.5 Å². The van der Waals surface area contributed by atoms with Crippen molar-refractivity contribution in [1.29, 1.82) is 0 Å². The highest BCUT2D eigenvalue weighted by Gasteiger charge is 2.51. The fourth-order valence-corrected chi connectivity index (χ4v) is 3.85. The van der Waals surface area contributed by atoms with E-state index >= 15 is 0 Å². The van der Waals surface area contributed by atoms with Gasteiger partial charge in [-0.05, 0) is 49.5 Å². The number of azide groups is 1. The highest BCUT2D eigenvalue weighted by atomic mass is 16.6. The first-order valence-corrected chi connectivity index (χ1v) is 6.59. The average Bonchev–Trinajstić information content (AvgIpc) is 2.38. The number of ether oxygens (including phenoxy) is 2. The maximum absolute atomic E-state index is 8.37. The van der Waals surface area contributed by atoms with Gasteiger partial charge in [-0.2, -0.15) is 0 Å². The predicted octanol–water partition coefficient (Wildman–Crippen LogP) is 2.66.